The van der Waals surface area contributed by atoms with Crippen molar-refractivity contribution in [2.45, 2.75) is 13.3 Å². The van der Waals surface area contributed by atoms with Crippen molar-refractivity contribution in [3.05, 3.63) is 35.6 Å². The van der Waals surface area contributed by atoms with E-state index in [-0.39, 0.29) is 17.6 Å². The zero-order chi connectivity index (χ0) is 15.9. The van der Waals surface area contributed by atoms with Crippen LogP contribution in [0.15, 0.2) is 28.7 Å². The van der Waals surface area contributed by atoms with E-state index in [4.69, 9.17) is 9.56 Å². The molecule has 22 heavy (non-hydrogen) atoms. The normalized spacial score (nSPS) is 19.0. The van der Waals surface area contributed by atoms with Crippen molar-refractivity contribution in [1.29, 1.82) is 0 Å². The molecule has 1 fully saturated rings. The van der Waals surface area contributed by atoms with Crippen LogP contribution in [0.1, 0.15) is 22.5 Å². The lowest BCUT2D eigenvalue weighted by molar-refractivity contribution is 0.0789. The molecule has 0 spiro atoms. The second kappa shape index (κ2) is 5.40. The Morgan fingerprint density at radius 2 is 2.23 bits per heavy atom. The highest BCUT2D eigenvalue weighted by Gasteiger charge is 2.30. The minimum Gasteiger partial charge on any atom is -0.461 e. The molecule has 0 saturated carbocycles. The van der Waals surface area contributed by atoms with E-state index in [1.165, 1.54) is 0 Å². The van der Waals surface area contributed by atoms with E-state index in [0.29, 0.717) is 30.7 Å². The maximum atomic E-state index is 12.7. The number of rotatable bonds is 3. The fourth-order valence-electron chi connectivity index (χ4n) is 3.01. The average molecular weight is 322 g/mol. The quantitative estimate of drug-likeness (QED) is 0.926. The summed E-state index contributed by atoms with van der Waals surface area (Å²) >= 11 is 0. The zero-order valence-corrected chi connectivity index (χ0v) is 13.1. The second-order valence-electron chi connectivity index (χ2n) is 5.82. The standard InChI is InChI=1S/C15H18N2O4S/c1-10-7-12-3-2-4-13(14(12)21-10)15(18)17-6-5-11(8-17)9-22(16,19)20/h2-4,7,11H,5-6,8-9H2,1H3,(H2,16,19,20). The number of carbonyl (C=O) groups is 1. The van der Waals surface area contributed by atoms with E-state index < -0.39 is 10.0 Å². The van der Waals surface area contributed by atoms with Crippen LogP contribution in [0.25, 0.3) is 11.0 Å². The van der Waals surface area contributed by atoms with Crippen LogP contribution >= 0.6 is 0 Å². The van der Waals surface area contributed by atoms with Crippen LogP contribution in [0.4, 0.5) is 0 Å². The van der Waals surface area contributed by atoms with Gasteiger partial charge in [0.15, 0.2) is 0 Å². The van der Waals surface area contributed by atoms with E-state index in [0.717, 1.165) is 11.1 Å². The third-order valence-electron chi connectivity index (χ3n) is 3.94. The lowest BCUT2D eigenvalue weighted by Crippen LogP contribution is -2.30. The van der Waals surface area contributed by atoms with Gasteiger partial charge in [0.25, 0.3) is 5.91 Å². The molecule has 6 nitrogen and oxygen atoms in total. The van der Waals surface area contributed by atoms with Gasteiger partial charge in [0.2, 0.25) is 10.0 Å². The number of nitrogens with two attached hydrogens (primary N) is 1. The van der Waals surface area contributed by atoms with E-state index in [1.54, 1.807) is 11.0 Å². The van der Waals surface area contributed by atoms with Crippen molar-refractivity contribution in [2.75, 3.05) is 18.8 Å². The van der Waals surface area contributed by atoms with E-state index in [1.807, 2.05) is 25.1 Å². The van der Waals surface area contributed by atoms with Crippen LogP contribution < -0.4 is 5.14 Å². The molecule has 1 aliphatic heterocycles. The molecule has 1 atom stereocenters. The van der Waals surface area contributed by atoms with Gasteiger partial charge in [0, 0.05) is 18.5 Å². The minimum atomic E-state index is -3.51. The molecule has 0 bridgehead atoms. The summed E-state index contributed by atoms with van der Waals surface area (Å²) in [6, 6.07) is 7.35. The van der Waals surface area contributed by atoms with Crippen molar-refractivity contribution in [3.8, 4) is 0 Å². The molecule has 7 heteroatoms. The van der Waals surface area contributed by atoms with Gasteiger partial charge in [-0.15, -0.1) is 0 Å². The van der Waals surface area contributed by atoms with Gasteiger partial charge in [-0.05, 0) is 31.4 Å². The number of fused-ring (bicyclic) bond motifs is 1. The molecule has 1 saturated heterocycles. The van der Waals surface area contributed by atoms with Crippen molar-refractivity contribution in [1.82, 2.24) is 4.90 Å². The molecule has 2 N–H and O–H groups in total. The Morgan fingerprint density at radius 3 is 2.95 bits per heavy atom. The Bertz CT molecular complexity index is 825. The molecular formula is C15H18N2O4S. The Balaban J connectivity index is 1.82. The summed E-state index contributed by atoms with van der Waals surface area (Å²) in [5.74, 6) is 0.443. The van der Waals surface area contributed by atoms with E-state index in [9.17, 15) is 13.2 Å². The molecule has 1 unspecified atom stereocenters. The fraction of sp³-hybridized carbons (Fsp3) is 0.400. The number of para-hydroxylation sites is 1. The van der Waals surface area contributed by atoms with Crippen LogP contribution in [0, 0.1) is 12.8 Å². The number of amides is 1. The number of hydrogen-bond donors (Lipinski definition) is 1. The Hall–Kier alpha value is -1.86. The molecule has 2 heterocycles. The Morgan fingerprint density at radius 1 is 1.45 bits per heavy atom. The largest absolute Gasteiger partial charge is 0.461 e. The van der Waals surface area contributed by atoms with Gasteiger partial charge in [-0.3, -0.25) is 4.79 Å². The van der Waals surface area contributed by atoms with E-state index in [2.05, 4.69) is 0 Å². The summed E-state index contributed by atoms with van der Waals surface area (Å²) in [5, 5.41) is 5.97. The number of likely N-dealkylation sites (tertiary alicyclic amines) is 1. The number of sulfonamides is 1. The number of benzene rings is 1. The monoisotopic (exact) mass is 322 g/mol. The molecule has 0 radical (unpaired) electrons. The third-order valence-corrected chi connectivity index (χ3v) is 4.87. The van der Waals surface area contributed by atoms with Crippen molar-refractivity contribution in [3.63, 3.8) is 0 Å². The highest BCUT2D eigenvalue weighted by atomic mass is 32.2. The van der Waals surface area contributed by atoms with Crippen molar-refractivity contribution in [2.24, 2.45) is 11.1 Å². The lowest BCUT2D eigenvalue weighted by Gasteiger charge is -2.16. The first-order valence-electron chi connectivity index (χ1n) is 7.12. The number of hydrogen-bond acceptors (Lipinski definition) is 4. The fourth-order valence-corrected chi connectivity index (χ4v) is 3.94. The Kier molecular flexibility index (Phi) is 3.70. The number of aryl methyl sites for hydroxylation is 1. The van der Waals surface area contributed by atoms with Crippen molar-refractivity contribution >= 4 is 26.9 Å². The summed E-state index contributed by atoms with van der Waals surface area (Å²) in [4.78, 5) is 14.3. The van der Waals surface area contributed by atoms with Crippen LogP contribution in [-0.4, -0.2) is 38.1 Å². The van der Waals surface area contributed by atoms with Gasteiger partial charge in [-0.25, -0.2) is 13.6 Å². The highest BCUT2D eigenvalue weighted by Crippen LogP contribution is 2.26. The SMILES string of the molecule is Cc1cc2cccc(C(=O)N3CCC(CS(N)(=O)=O)C3)c2o1. The van der Waals surface area contributed by atoms with Gasteiger partial charge in [-0.1, -0.05) is 12.1 Å². The second-order valence-corrected chi connectivity index (χ2v) is 7.48. The zero-order valence-electron chi connectivity index (χ0n) is 12.3. The molecule has 1 amide bonds. The maximum absolute atomic E-state index is 12.7. The van der Waals surface area contributed by atoms with Gasteiger partial charge in [-0.2, -0.15) is 0 Å². The smallest absolute Gasteiger partial charge is 0.257 e. The molecular weight excluding hydrogens is 304 g/mol. The molecule has 2 aromatic rings. The summed E-state index contributed by atoms with van der Waals surface area (Å²) in [7, 11) is -3.51. The first kappa shape index (κ1) is 15.1. The molecule has 1 aromatic carbocycles. The topological polar surface area (TPSA) is 93.6 Å². The van der Waals surface area contributed by atoms with Crippen LogP contribution in [-0.2, 0) is 10.0 Å². The summed E-state index contributed by atoms with van der Waals surface area (Å²) in [6.45, 7) is 2.78. The molecule has 118 valence electrons. The van der Waals surface area contributed by atoms with Gasteiger partial charge in [0.05, 0.1) is 11.3 Å². The molecule has 1 aliphatic rings. The maximum Gasteiger partial charge on any atom is 0.257 e. The number of furan rings is 1. The van der Waals surface area contributed by atoms with Gasteiger partial charge < -0.3 is 9.32 Å². The van der Waals surface area contributed by atoms with Gasteiger partial charge in [0.1, 0.15) is 11.3 Å². The first-order chi connectivity index (χ1) is 10.3. The summed E-state index contributed by atoms with van der Waals surface area (Å²) in [5.41, 5.74) is 1.10. The van der Waals surface area contributed by atoms with Gasteiger partial charge >= 0.3 is 0 Å². The first-order valence-corrected chi connectivity index (χ1v) is 8.84. The molecule has 1 aromatic heterocycles. The van der Waals surface area contributed by atoms with Crippen LogP contribution in [0.2, 0.25) is 0 Å². The summed E-state index contributed by atoms with van der Waals surface area (Å²) < 4.78 is 28.0. The number of carbonyl (C=O) groups excluding carboxylic acids is 1. The van der Waals surface area contributed by atoms with E-state index >= 15 is 0 Å². The van der Waals surface area contributed by atoms with Crippen molar-refractivity contribution < 1.29 is 17.6 Å². The average Bonchev–Trinajstić information content (AvgIpc) is 3.00. The molecule has 3 rings (SSSR count). The predicted molar refractivity (Wildman–Crippen MR) is 82.9 cm³/mol. The predicted octanol–water partition coefficient (Wildman–Crippen LogP) is 1.49. The third kappa shape index (κ3) is 3.00. The Labute approximate surface area is 128 Å². The number of nitrogens with zero attached hydrogens (tertiary/aromatic N) is 1. The lowest BCUT2D eigenvalue weighted by atomic mass is 10.1. The highest BCUT2D eigenvalue weighted by molar-refractivity contribution is 7.89. The minimum absolute atomic E-state index is 0.0825. The van der Waals surface area contributed by atoms with Crippen LogP contribution in [0.3, 0.4) is 0 Å². The summed E-state index contributed by atoms with van der Waals surface area (Å²) in [6.07, 6.45) is 0.648. The molecule has 0 aliphatic carbocycles. The van der Waals surface area contributed by atoms with Crippen LogP contribution in [0.5, 0.6) is 0 Å². The number of primary sulfonamides is 1.